The molecule has 3 nitrogen and oxygen atoms in total. The summed E-state index contributed by atoms with van der Waals surface area (Å²) in [6.45, 7) is 16.2. The van der Waals surface area contributed by atoms with E-state index < -0.39 is 21.1 Å². The average Bonchev–Trinajstić information content (AvgIpc) is 3.25. The molecule has 0 spiro atoms. The zero-order valence-electron chi connectivity index (χ0n) is 26.1. The Morgan fingerprint density at radius 2 is 1.07 bits per heavy atom. The molecule has 5 heteroatoms. The van der Waals surface area contributed by atoms with E-state index in [-0.39, 0.29) is 23.3 Å². The van der Waals surface area contributed by atoms with Gasteiger partial charge in [0.1, 0.15) is 11.6 Å². The third kappa shape index (κ3) is 5.28. The maximum Gasteiger partial charge on any atom is 0.275 e. The van der Waals surface area contributed by atoms with Gasteiger partial charge in [-0.15, -0.1) is 0 Å². The largest absolute Gasteiger partial charge is 0.307 e. The Bertz CT molecular complexity index is 1390. The molecular formula is C37H46NO2PSi. The molecule has 0 saturated carbocycles. The molecule has 1 heterocycles. The Balaban J connectivity index is 1.92. The second kappa shape index (κ2) is 12.1. The van der Waals surface area contributed by atoms with Crippen molar-refractivity contribution in [2.24, 2.45) is 11.8 Å². The molecule has 5 atom stereocenters. The molecule has 2 unspecified atom stereocenters. The lowest BCUT2D eigenvalue weighted by Gasteiger charge is -2.51. The summed E-state index contributed by atoms with van der Waals surface area (Å²) in [5.74, 6) is 0.579. The fraction of sp³-hybridized carbons (Fsp3) is 0.351. The highest BCUT2D eigenvalue weighted by atomic mass is 31.2. The van der Waals surface area contributed by atoms with Gasteiger partial charge in [0.05, 0.1) is 8.07 Å². The molecule has 0 aromatic heterocycles. The first-order valence-corrected chi connectivity index (χ1v) is 20.5. The van der Waals surface area contributed by atoms with Crippen LogP contribution in [-0.2, 0) is 14.6 Å². The predicted molar refractivity (Wildman–Crippen MR) is 180 cm³/mol. The van der Waals surface area contributed by atoms with Crippen molar-refractivity contribution in [3.05, 3.63) is 144 Å². The summed E-state index contributed by atoms with van der Waals surface area (Å²) in [4.78, 5) is 0. The lowest BCUT2D eigenvalue weighted by Crippen LogP contribution is -2.53. The molecule has 1 aliphatic heterocycles. The standard InChI is InChI=1S/C37H46NO2PSi/c1-28(2)29(3)36(42(5,6)7)41(39)38(30(4)35(40-41)31-20-12-8-13-21-31)37(32-22-14-9-15-23-32,33-24-16-10-17-25-33)34-26-18-11-19-27-34/h8-30,35-36H,1-7H3/t29-,30-,35-,36?,41?/m0/s1. The number of nitrogens with zero attached hydrogens (tertiary/aromatic N) is 1. The zero-order chi connectivity index (χ0) is 30.1. The van der Waals surface area contributed by atoms with Crippen molar-refractivity contribution in [2.75, 3.05) is 0 Å². The lowest BCUT2D eigenvalue weighted by atomic mass is 9.76. The highest BCUT2D eigenvalue weighted by Gasteiger charge is 2.64. The van der Waals surface area contributed by atoms with Crippen molar-refractivity contribution >= 4 is 15.6 Å². The van der Waals surface area contributed by atoms with Crippen molar-refractivity contribution < 1.29 is 9.09 Å². The van der Waals surface area contributed by atoms with Crippen molar-refractivity contribution in [1.82, 2.24) is 4.67 Å². The van der Waals surface area contributed by atoms with Crippen LogP contribution in [0.4, 0.5) is 0 Å². The quantitative estimate of drug-likeness (QED) is 0.110. The number of rotatable bonds is 9. The van der Waals surface area contributed by atoms with Gasteiger partial charge in [0.25, 0.3) is 7.52 Å². The fourth-order valence-corrected chi connectivity index (χ4v) is 17.1. The third-order valence-electron chi connectivity index (χ3n) is 9.22. The molecule has 0 radical (unpaired) electrons. The lowest BCUT2D eigenvalue weighted by molar-refractivity contribution is 0.177. The summed E-state index contributed by atoms with van der Waals surface area (Å²) in [6.07, 6.45) is -0.328. The zero-order valence-corrected chi connectivity index (χ0v) is 28.0. The molecule has 0 amide bonds. The van der Waals surface area contributed by atoms with Crippen LogP contribution < -0.4 is 0 Å². The highest BCUT2D eigenvalue weighted by molar-refractivity contribution is 7.60. The topological polar surface area (TPSA) is 29.5 Å². The van der Waals surface area contributed by atoms with Gasteiger partial charge < -0.3 is 4.52 Å². The van der Waals surface area contributed by atoms with Crippen LogP contribution in [0.2, 0.25) is 19.6 Å². The number of hydrogen-bond donors (Lipinski definition) is 0. The van der Waals surface area contributed by atoms with Crippen LogP contribution in [-0.4, -0.2) is 24.1 Å². The first-order valence-electron chi connectivity index (χ1n) is 15.3. The third-order valence-corrected chi connectivity index (χ3v) is 17.8. The molecule has 4 aromatic rings. The normalized spacial score (nSPS) is 23.1. The van der Waals surface area contributed by atoms with Crippen LogP contribution in [0.5, 0.6) is 0 Å². The van der Waals surface area contributed by atoms with Crippen LogP contribution in [0.3, 0.4) is 0 Å². The van der Waals surface area contributed by atoms with Crippen molar-refractivity contribution in [3.8, 4) is 0 Å². The van der Waals surface area contributed by atoms with E-state index in [1.807, 2.05) is 6.07 Å². The monoisotopic (exact) mass is 595 g/mol. The number of benzene rings is 4. The fourth-order valence-electron chi connectivity index (χ4n) is 7.25. The van der Waals surface area contributed by atoms with Gasteiger partial charge in [-0.25, -0.2) is 4.67 Å². The highest BCUT2D eigenvalue weighted by Crippen LogP contribution is 2.74. The molecule has 4 aromatic carbocycles. The van der Waals surface area contributed by atoms with Crippen molar-refractivity contribution in [2.45, 2.75) is 70.3 Å². The average molecular weight is 596 g/mol. The maximum atomic E-state index is 16.5. The van der Waals surface area contributed by atoms with Gasteiger partial charge in [0.2, 0.25) is 0 Å². The van der Waals surface area contributed by atoms with Gasteiger partial charge in [-0.3, -0.25) is 4.57 Å². The van der Waals surface area contributed by atoms with Crippen LogP contribution in [0.25, 0.3) is 0 Å². The second-order valence-electron chi connectivity index (χ2n) is 13.3. The molecule has 0 N–H and O–H groups in total. The summed E-state index contributed by atoms with van der Waals surface area (Å²) < 4.78 is 26.1. The van der Waals surface area contributed by atoms with E-state index in [4.69, 9.17) is 4.52 Å². The SMILES string of the molecule is CC(C)[C@H](C)C([Si](C)(C)C)P1(=O)O[C@H](c2ccccc2)[C@H](C)N1C(c1ccccc1)(c1ccccc1)c1ccccc1. The van der Waals surface area contributed by atoms with E-state index >= 15 is 4.57 Å². The first kappa shape index (κ1) is 30.7. The maximum absolute atomic E-state index is 16.5. The molecule has 42 heavy (non-hydrogen) atoms. The molecule has 1 aliphatic rings. The van der Waals surface area contributed by atoms with Crippen LogP contribution in [0.15, 0.2) is 121 Å². The van der Waals surface area contributed by atoms with E-state index in [2.05, 4.69) is 167 Å². The Morgan fingerprint density at radius 1 is 0.690 bits per heavy atom. The Kier molecular flexibility index (Phi) is 8.84. The van der Waals surface area contributed by atoms with E-state index in [1.165, 1.54) is 0 Å². The van der Waals surface area contributed by atoms with Gasteiger partial charge in [-0.05, 0) is 41.0 Å². The minimum atomic E-state index is -3.52. The van der Waals surface area contributed by atoms with Gasteiger partial charge in [0, 0.05) is 11.3 Å². The van der Waals surface area contributed by atoms with Crippen LogP contribution >= 0.6 is 7.52 Å². The van der Waals surface area contributed by atoms with Gasteiger partial charge in [-0.2, -0.15) is 0 Å². The second-order valence-corrected chi connectivity index (χ2v) is 21.5. The number of hydrogen-bond acceptors (Lipinski definition) is 2. The minimum absolute atomic E-state index is 0.0725. The van der Waals surface area contributed by atoms with E-state index in [1.54, 1.807) is 0 Å². The first-order chi connectivity index (χ1) is 20.0. The van der Waals surface area contributed by atoms with Crippen molar-refractivity contribution in [1.29, 1.82) is 0 Å². The summed E-state index contributed by atoms with van der Waals surface area (Å²) >= 11 is 0. The summed E-state index contributed by atoms with van der Waals surface area (Å²) in [6, 6.07) is 42.2. The summed E-state index contributed by atoms with van der Waals surface area (Å²) in [5.41, 5.74) is 3.52. The molecular weight excluding hydrogens is 549 g/mol. The van der Waals surface area contributed by atoms with Crippen LogP contribution in [0, 0.1) is 11.8 Å². The van der Waals surface area contributed by atoms with Gasteiger partial charge in [0.15, 0.2) is 0 Å². The Morgan fingerprint density at radius 3 is 1.43 bits per heavy atom. The molecule has 5 rings (SSSR count). The van der Waals surface area contributed by atoms with Gasteiger partial charge >= 0.3 is 0 Å². The molecule has 0 aliphatic carbocycles. The summed E-state index contributed by atoms with van der Waals surface area (Å²) in [7, 11) is -5.59. The molecule has 220 valence electrons. The van der Waals surface area contributed by atoms with E-state index in [9.17, 15) is 0 Å². The Hall–Kier alpha value is -2.75. The Labute approximate surface area is 254 Å². The molecule has 0 bridgehead atoms. The molecule has 1 fully saturated rings. The van der Waals surface area contributed by atoms with Gasteiger partial charge in [-0.1, -0.05) is 162 Å². The molecule has 1 saturated heterocycles. The minimum Gasteiger partial charge on any atom is -0.307 e. The van der Waals surface area contributed by atoms with Crippen molar-refractivity contribution in [3.63, 3.8) is 0 Å². The van der Waals surface area contributed by atoms with Crippen LogP contribution in [0.1, 0.15) is 56.1 Å². The smallest absolute Gasteiger partial charge is 0.275 e. The van der Waals surface area contributed by atoms with E-state index in [0.29, 0.717) is 5.92 Å². The predicted octanol–water partition coefficient (Wildman–Crippen LogP) is 10.2. The summed E-state index contributed by atoms with van der Waals surface area (Å²) in [5, 5.41) is -0.0725. The van der Waals surface area contributed by atoms with E-state index in [0.717, 1.165) is 22.3 Å².